The van der Waals surface area contributed by atoms with Gasteiger partial charge in [0.05, 0.1) is 24.5 Å². The van der Waals surface area contributed by atoms with Crippen LogP contribution in [0.25, 0.3) is 0 Å². The number of pyridine rings is 1. The first-order valence-corrected chi connectivity index (χ1v) is 8.79. The van der Waals surface area contributed by atoms with Gasteiger partial charge in [-0.15, -0.1) is 0 Å². The summed E-state index contributed by atoms with van der Waals surface area (Å²) in [6.45, 7) is 1.93. The van der Waals surface area contributed by atoms with Crippen molar-refractivity contribution in [1.82, 2.24) is 10.3 Å². The van der Waals surface area contributed by atoms with Crippen molar-refractivity contribution in [2.45, 2.75) is 44.8 Å². The van der Waals surface area contributed by atoms with Crippen molar-refractivity contribution in [3.8, 4) is 11.5 Å². The van der Waals surface area contributed by atoms with E-state index < -0.39 is 5.82 Å². The molecule has 0 aliphatic heterocycles. The highest BCUT2D eigenvalue weighted by molar-refractivity contribution is 5.97. The van der Waals surface area contributed by atoms with Gasteiger partial charge in [-0.25, -0.2) is 4.39 Å². The van der Waals surface area contributed by atoms with Crippen molar-refractivity contribution >= 4 is 5.91 Å². The van der Waals surface area contributed by atoms with Gasteiger partial charge in [0.2, 0.25) is 0 Å². The van der Waals surface area contributed by atoms with Crippen molar-refractivity contribution in [1.29, 1.82) is 0 Å². The van der Waals surface area contributed by atoms with Gasteiger partial charge in [-0.2, -0.15) is 0 Å². The number of nitrogens with zero attached hydrogens (tertiary/aromatic N) is 1. The van der Waals surface area contributed by atoms with Gasteiger partial charge >= 0.3 is 0 Å². The second kappa shape index (κ2) is 8.17. The number of amides is 1. The molecule has 1 amide bonds. The van der Waals surface area contributed by atoms with E-state index in [1.807, 2.05) is 19.1 Å². The summed E-state index contributed by atoms with van der Waals surface area (Å²) in [4.78, 5) is 16.7. The Labute approximate surface area is 152 Å². The van der Waals surface area contributed by atoms with Crippen LogP contribution >= 0.6 is 0 Å². The molecule has 1 N–H and O–H groups in total. The second-order valence-electron chi connectivity index (χ2n) is 6.50. The molecule has 0 spiro atoms. The van der Waals surface area contributed by atoms with E-state index in [4.69, 9.17) is 9.47 Å². The lowest BCUT2D eigenvalue weighted by atomic mass is 9.92. The lowest BCUT2D eigenvalue weighted by molar-refractivity contribution is 0.0890. The number of rotatable bonds is 5. The lowest BCUT2D eigenvalue weighted by Gasteiger charge is -2.30. The summed E-state index contributed by atoms with van der Waals surface area (Å²) < 4.78 is 24.4. The Morgan fingerprint density at radius 1 is 1.19 bits per heavy atom. The van der Waals surface area contributed by atoms with E-state index in [9.17, 15) is 9.18 Å². The van der Waals surface area contributed by atoms with Crippen molar-refractivity contribution < 1.29 is 18.7 Å². The fourth-order valence-electron chi connectivity index (χ4n) is 3.21. The molecule has 0 bridgehead atoms. The molecule has 1 aliphatic carbocycles. The van der Waals surface area contributed by atoms with Crippen LogP contribution in [0.5, 0.6) is 11.5 Å². The highest BCUT2D eigenvalue weighted by atomic mass is 19.1. The van der Waals surface area contributed by atoms with Crippen molar-refractivity contribution in [3.63, 3.8) is 0 Å². The van der Waals surface area contributed by atoms with Crippen molar-refractivity contribution in [2.75, 3.05) is 7.11 Å². The van der Waals surface area contributed by atoms with Crippen LogP contribution in [-0.2, 0) is 0 Å². The third-order valence-electron chi connectivity index (χ3n) is 4.67. The average Bonchev–Trinajstić information content (AvgIpc) is 2.65. The van der Waals surface area contributed by atoms with Crippen LogP contribution in [0, 0.1) is 12.7 Å². The summed E-state index contributed by atoms with van der Waals surface area (Å²) in [6, 6.07) is 7.80. The van der Waals surface area contributed by atoms with Gasteiger partial charge in [-0.1, -0.05) is 0 Å². The number of hydrogen-bond donors (Lipinski definition) is 1. The predicted molar refractivity (Wildman–Crippen MR) is 96.1 cm³/mol. The SMILES string of the molecule is COc1cc(F)ccc1C(=O)NC1CCC(Oc2cccnc2C)CC1. The normalized spacial score (nSPS) is 19.7. The Morgan fingerprint density at radius 3 is 2.65 bits per heavy atom. The maximum absolute atomic E-state index is 13.3. The number of halogens is 1. The molecule has 1 aliphatic rings. The number of carbonyl (C=O) groups excluding carboxylic acids is 1. The largest absolute Gasteiger partial charge is 0.496 e. The van der Waals surface area contributed by atoms with Gasteiger partial charge < -0.3 is 14.8 Å². The summed E-state index contributed by atoms with van der Waals surface area (Å²) >= 11 is 0. The van der Waals surface area contributed by atoms with E-state index in [1.165, 1.54) is 25.3 Å². The van der Waals surface area contributed by atoms with Gasteiger partial charge in [-0.05, 0) is 56.9 Å². The van der Waals surface area contributed by atoms with Crippen LogP contribution in [0.1, 0.15) is 41.7 Å². The van der Waals surface area contributed by atoms with Crippen molar-refractivity contribution in [2.24, 2.45) is 0 Å². The minimum absolute atomic E-state index is 0.0760. The molecule has 138 valence electrons. The molecular weight excluding hydrogens is 335 g/mol. The number of aromatic nitrogens is 1. The Kier molecular flexibility index (Phi) is 5.71. The molecule has 26 heavy (non-hydrogen) atoms. The zero-order chi connectivity index (χ0) is 18.5. The quantitative estimate of drug-likeness (QED) is 0.886. The minimum atomic E-state index is -0.429. The van der Waals surface area contributed by atoms with Gasteiger partial charge in [0.15, 0.2) is 0 Å². The summed E-state index contributed by atoms with van der Waals surface area (Å²) in [5.41, 5.74) is 1.23. The summed E-state index contributed by atoms with van der Waals surface area (Å²) in [5.74, 6) is 0.388. The number of hydrogen-bond acceptors (Lipinski definition) is 4. The molecule has 0 atom stereocenters. The Bertz CT molecular complexity index is 773. The number of carbonyl (C=O) groups is 1. The number of nitrogens with one attached hydrogen (secondary N) is 1. The maximum Gasteiger partial charge on any atom is 0.255 e. The Hall–Kier alpha value is -2.63. The number of aryl methyl sites for hydroxylation is 1. The van der Waals surface area contributed by atoms with Crippen LogP contribution in [0.15, 0.2) is 36.5 Å². The highest BCUT2D eigenvalue weighted by Crippen LogP contribution is 2.26. The molecular formula is C20H23FN2O3. The molecule has 5 nitrogen and oxygen atoms in total. The zero-order valence-electron chi connectivity index (χ0n) is 15.0. The van der Waals surface area contributed by atoms with Crippen LogP contribution in [-0.4, -0.2) is 30.1 Å². The van der Waals surface area contributed by atoms with E-state index in [-0.39, 0.29) is 23.8 Å². The third-order valence-corrected chi connectivity index (χ3v) is 4.67. The van der Waals surface area contributed by atoms with Crippen LogP contribution < -0.4 is 14.8 Å². The smallest absolute Gasteiger partial charge is 0.255 e. The molecule has 0 unspecified atom stereocenters. The van der Waals surface area contributed by atoms with Gasteiger partial charge in [0, 0.05) is 18.3 Å². The summed E-state index contributed by atoms with van der Waals surface area (Å²) in [5, 5.41) is 3.02. The van der Waals surface area contributed by atoms with Crippen molar-refractivity contribution in [3.05, 3.63) is 53.6 Å². The molecule has 0 saturated heterocycles. The molecule has 1 saturated carbocycles. The molecule has 6 heteroatoms. The first-order valence-electron chi connectivity index (χ1n) is 8.79. The molecule has 0 radical (unpaired) electrons. The standard InChI is InChI=1S/C20H23FN2O3/c1-13-18(4-3-11-22-13)26-16-8-6-15(7-9-16)23-20(24)17-10-5-14(21)12-19(17)25-2/h3-5,10-12,15-16H,6-9H2,1-2H3,(H,23,24). The number of ether oxygens (including phenoxy) is 2. The molecule has 1 aromatic heterocycles. The highest BCUT2D eigenvalue weighted by Gasteiger charge is 2.25. The Balaban J connectivity index is 1.54. The van der Waals surface area contributed by atoms with Gasteiger partial charge in [0.1, 0.15) is 17.3 Å². The zero-order valence-corrected chi connectivity index (χ0v) is 15.0. The average molecular weight is 358 g/mol. The van der Waals surface area contributed by atoms with Crippen LogP contribution in [0.4, 0.5) is 4.39 Å². The van der Waals surface area contributed by atoms with E-state index in [0.717, 1.165) is 37.1 Å². The molecule has 1 aromatic carbocycles. The van der Waals surface area contributed by atoms with E-state index in [1.54, 1.807) is 6.20 Å². The van der Waals surface area contributed by atoms with E-state index >= 15 is 0 Å². The van der Waals surface area contributed by atoms with E-state index in [0.29, 0.717) is 5.56 Å². The predicted octanol–water partition coefficient (Wildman–Crippen LogP) is 3.66. The van der Waals surface area contributed by atoms with Crippen LogP contribution in [0.2, 0.25) is 0 Å². The fraction of sp³-hybridized carbons (Fsp3) is 0.400. The molecule has 1 heterocycles. The monoisotopic (exact) mass is 358 g/mol. The topological polar surface area (TPSA) is 60.5 Å². The second-order valence-corrected chi connectivity index (χ2v) is 6.50. The maximum atomic E-state index is 13.3. The Morgan fingerprint density at radius 2 is 1.96 bits per heavy atom. The first-order chi connectivity index (χ1) is 12.6. The molecule has 3 rings (SSSR count). The third kappa shape index (κ3) is 4.31. The summed E-state index contributed by atoms with van der Waals surface area (Å²) in [7, 11) is 1.43. The van der Waals surface area contributed by atoms with Gasteiger partial charge in [-0.3, -0.25) is 9.78 Å². The van der Waals surface area contributed by atoms with E-state index in [2.05, 4.69) is 10.3 Å². The van der Waals surface area contributed by atoms with Gasteiger partial charge in [0.25, 0.3) is 5.91 Å². The molecule has 1 fully saturated rings. The van der Waals surface area contributed by atoms with Crippen LogP contribution in [0.3, 0.4) is 0 Å². The number of benzene rings is 1. The lowest BCUT2D eigenvalue weighted by Crippen LogP contribution is -2.39. The first kappa shape index (κ1) is 18.2. The minimum Gasteiger partial charge on any atom is -0.496 e. The fourth-order valence-corrected chi connectivity index (χ4v) is 3.21. The summed E-state index contributed by atoms with van der Waals surface area (Å²) in [6.07, 6.45) is 5.27. The number of methoxy groups -OCH3 is 1. The molecule has 2 aromatic rings.